The quantitative estimate of drug-likeness (QED) is 0.728. The van der Waals surface area contributed by atoms with Crippen LogP contribution >= 0.6 is 11.8 Å². The second-order valence-corrected chi connectivity index (χ2v) is 8.04. The largest absolute Gasteiger partial charge is 0.497 e. The van der Waals surface area contributed by atoms with Gasteiger partial charge >= 0.3 is 0 Å². The van der Waals surface area contributed by atoms with E-state index in [9.17, 15) is 4.79 Å². The summed E-state index contributed by atoms with van der Waals surface area (Å²) in [6.45, 7) is 0. The highest BCUT2D eigenvalue weighted by Crippen LogP contribution is 2.44. The zero-order valence-electron chi connectivity index (χ0n) is 15.4. The van der Waals surface area contributed by atoms with Crippen LogP contribution in [0.4, 0.5) is 0 Å². The molecule has 0 unspecified atom stereocenters. The van der Waals surface area contributed by atoms with Gasteiger partial charge in [0.2, 0.25) is 11.8 Å². The molecule has 1 amide bonds. The highest BCUT2D eigenvalue weighted by molar-refractivity contribution is 7.99. The number of aromatic nitrogens is 2. The lowest BCUT2D eigenvalue weighted by Crippen LogP contribution is -2.39. The lowest BCUT2D eigenvalue weighted by atomic mass is 9.95. The topological polar surface area (TPSA) is 86.5 Å². The van der Waals surface area contributed by atoms with E-state index in [0.29, 0.717) is 40.1 Å². The maximum Gasteiger partial charge on any atom is 0.277 e. The molecule has 8 heteroatoms. The summed E-state index contributed by atoms with van der Waals surface area (Å²) in [5, 5.41) is 11.6. The number of fused-ring (bicyclic) bond motifs is 2. The van der Waals surface area contributed by atoms with E-state index in [1.165, 1.54) is 31.0 Å². The molecule has 2 saturated carbocycles. The van der Waals surface area contributed by atoms with Crippen LogP contribution in [0.5, 0.6) is 11.5 Å². The molecule has 27 heavy (non-hydrogen) atoms. The van der Waals surface area contributed by atoms with Crippen LogP contribution in [-0.2, 0) is 4.79 Å². The predicted octanol–water partition coefficient (Wildman–Crippen LogP) is 3.15. The van der Waals surface area contributed by atoms with E-state index in [1.54, 1.807) is 32.4 Å². The minimum absolute atomic E-state index is 0.0281. The van der Waals surface area contributed by atoms with Gasteiger partial charge < -0.3 is 19.2 Å². The molecule has 0 aliphatic heterocycles. The van der Waals surface area contributed by atoms with Crippen molar-refractivity contribution in [3.05, 3.63) is 18.2 Å². The van der Waals surface area contributed by atoms with Crippen molar-refractivity contribution in [3.63, 3.8) is 0 Å². The zero-order chi connectivity index (χ0) is 18.8. The van der Waals surface area contributed by atoms with Crippen molar-refractivity contribution in [2.45, 2.75) is 36.9 Å². The van der Waals surface area contributed by atoms with Crippen LogP contribution in [0.1, 0.15) is 25.7 Å². The van der Waals surface area contributed by atoms with Gasteiger partial charge in [-0.2, -0.15) is 0 Å². The molecular weight excluding hydrogens is 366 g/mol. The van der Waals surface area contributed by atoms with Crippen molar-refractivity contribution in [3.8, 4) is 23.0 Å². The van der Waals surface area contributed by atoms with Gasteiger partial charge in [0.25, 0.3) is 5.22 Å². The summed E-state index contributed by atoms with van der Waals surface area (Å²) >= 11 is 1.25. The number of nitrogens with one attached hydrogen (secondary N) is 1. The normalized spacial score (nSPS) is 23.4. The fourth-order valence-corrected chi connectivity index (χ4v) is 4.69. The first-order valence-electron chi connectivity index (χ1n) is 9.13. The Labute approximate surface area is 162 Å². The van der Waals surface area contributed by atoms with Crippen molar-refractivity contribution >= 4 is 17.7 Å². The summed E-state index contributed by atoms with van der Waals surface area (Å²) in [6, 6.07) is 5.72. The predicted molar refractivity (Wildman–Crippen MR) is 101 cm³/mol. The van der Waals surface area contributed by atoms with Gasteiger partial charge in [-0.05, 0) is 43.2 Å². The number of benzene rings is 1. The minimum Gasteiger partial charge on any atom is -0.497 e. The summed E-state index contributed by atoms with van der Waals surface area (Å²) < 4.78 is 16.2. The summed E-state index contributed by atoms with van der Waals surface area (Å²) in [5.41, 5.74) is 0.706. The fourth-order valence-electron chi connectivity index (χ4n) is 4.11. The average molecular weight is 389 g/mol. The first-order valence-corrected chi connectivity index (χ1v) is 10.1. The first kappa shape index (κ1) is 18.2. The molecule has 1 aromatic heterocycles. The van der Waals surface area contributed by atoms with Gasteiger partial charge in [0, 0.05) is 17.7 Å². The Kier molecular flexibility index (Phi) is 5.24. The van der Waals surface area contributed by atoms with Gasteiger partial charge in [-0.25, -0.2) is 0 Å². The Balaban J connectivity index is 1.35. The minimum atomic E-state index is 0.0281. The summed E-state index contributed by atoms with van der Waals surface area (Å²) in [6.07, 6.45) is 4.98. The molecule has 1 heterocycles. The number of rotatable bonds is 7. The number of nitrogens with zero attached hydrogens (tertiary/aromatic N) is 2. The average Bonchev–Trinajstić information content (AvgIpc) is 3.42. The number of ether oxygens (including phenoxy) is 2. The van der Waals surface area contributed by atoms with Crippen LogP contribution < -0.4 is 14.8 Å². The van der Waals surface area contributed by atoms with Gasteiger partial charge in [-0.3, -0.25) is 4.79 Å². The third-order valence-electron chi connectivity index (χ3n) is 5.42. The van der Waals surface area contributed by atoms with Crippen LogP contribution in [0.2, 0.25) is 0 Å². The van der Waals surface area contributed by atoms with Crippen molar-refractivity contribution in [1.82, 2.24) is 15.5 Å². The number of carbonyl (C=O) groups excluding carboxylic acids is 1. The van der Waals surface area contributed by atoms with Gasteiger partial charge in [-0.1, -0.05) is 18.2 Å². The Morgan fingerprint density at radius 3 is 2.59 bits per heavy atom. The van der Waals surface area contributed by atoms with E-state index in [2.05, 4.69) is 15.5 Å². The second kappa shape index (κ2) is 7.80. The maximum absolute atomic E-state index is 12.2. The number of hydrogen-bond donors (Lipinski definition) is 1. The number of methoxy groups -OCH3 is 2. The molecule has 1 N–H and O–H groups in total. The molecule has 3 atom stereocenters. The monoisotopic (exact) mass is 389 g/mol. The molecule has 2 fully saturated rings. The van der Waals surface area contributed by atoms with Crippen LogP contribution in [0, 0.1) is 11.8 Å². The molecule has 144 valence electrons. The second-order valence-electron chi connectivity index (χ2n) is 7.11. The molecule has 2 aliphatic rings. The summed E-state index contributed by atoms with van der Waals surface area (Å²) in [4.78, 5) is 12.2. The molecule has 0 saturated heterocycles. The SMILES string of the molecule is COc1cc(OC)cc(-c2nnc(SCC(=O)N[C@H]3C[C@H]4CC[C@H]3C4)o2)c1. The molecule has 1 aromatic carbocycles. The standard InChI is InChI=1S/C19H23N3O4S/c1-24-14-7-13(8-15(9-14)25-2)18-21-22-19(26-18)27-10-17(23)20-16-6-11-3-4-12(16)5-11/h7-9,11-12,16H,3-6,10H2,1-2H3,(H,20,23)/t11-,12-,16-/m0/s1. The molecule has 2 aliphatic carbocycles. The fraction of sp³-hybridized carbons (Fsp3) is 0.526. The Hall–Kier alpha value is -2.22. The van der Waals surface area contributed by atoms with Crippen LogP contribution in [0.25, 0.3) is 11.5 Å². The van der Waals surface area contributed by atoms with Crippen molar-refractivity contribution in [2.24, 2.45) is 11.8 Å². The third kappa shape index (κ3) is 4.05. The smallest absolute Gasteiger partial charge is 0.277 e. The van der Waals surface area contributed by atoms with Crippen LogP contribution in [0.15, 0.2) is 27.8 Å². The molecule has 0 spiro atoms. The number of carbonyl (C=O) groups is 1. The number of thioether (sulfide) groups is 1. The molecule has 2 bridgehead atoms. The zero-order valence-corrected chi connectivity index (χ0v) is 16.3. The molecular formula is C19H23N3O4S. The number of amides is 1. The Morgan fingerprint density at radius 1 is 1.19 bits per heavy atom. The highest BCUT2D eigenvalue weighted by Gasteiger charge is 2.40. The van der Waals surface area contributed by atoms with Crippen LogP contribution in [0.3, 0.4) is 0 Å². The number of hydrogen-bond acceptors (Lipinski definition) is 7. The molecule has 0 radical (unpaired) electrons. The summed E-state index contributed by atoms with van der Waals surface area (Å²) in [7, 11) is 3.17. The van der Waals surface area contributed by atoms with E-state index in [4.69, 9.17) is 13.9 Å². The highest BCUT2D eigenvalue weighted by atomic mass is 32.2. The van der Waals surface area contributed by atoms with Crippen molar-refractivity contribution in [1.29, 1.82) is 0 Å². The van der Waals surface area contributed by atoms with Gasteiger partial charge in [-0.15, -0.1) is 10.2 Å². The molecule has 2 aromatic rings. The van der Waals surface area contributed by atoms with E-state index in [0.717, 1.165) is 12.3 Å². The van der Waals surface area contributed by atoms with Gasteiger partial charge in [0.1, 0.15) is 11.5 Å². The van der Waals surface area contributed by atoms with Crippen molar-refractivity contribution in [2.75, 3.05) is 20.0 Å². The van der Waals surface area contributed by atoms with E-state index >= 15 is 0 Å². The Morgan fingerprint density at radius 2 is 1.96 bits per heavy atom. The Bertz CT molecular complexity index is 803. The van der Waals surface area contributed by atoms with E-state index in [1.807, 2.05) is 0 Å². The molecule has 4 rings (SSSR count). The first-order chi connectivity index (χ1) is 13.1. The lowest BCUT2D eigenvalue weighted by Gasteiger charge is -2.22. The van der Waals surface area contributed by atoms with Gasteiger partial charge in [0.15, 0.2) is 0 Å². The van der Waals surface area contributed by atoms with E-state index < -0.39 is 0 Å². The third-order valence-corrected chi connectivity index (χ3v) is 6.23. The molecule has 7 nitrogen and oxygen atoms in total. The van der Waals surface area contributed by atoms with Crippen LogP contribution in [-0.4, -0.2) is 42.1 Å². The summed E-state index contributed by atoms with van der Waals surface area (Å²) in [5.74, 6) is 3.43. The maximum atomic E-state index is 12.2. The van der Waals surface area contributed by atoms with E-state index in [-0.39, 0.29) is 11.7 Å². The van der Waals surface area contributed by atoms with Crippen molar-refractivity contribution < 1.29 is 18.7 Å². The lowest BCUT2D eigenvalue weighted by molar-refractivity contribution is -0.119. The van der Waals surface area contributed by atoms with Gasteiger partial charge in [0.05, 0.1) is 20.0 Å².